The molecule has 0 fully saturated rings. The van der Waals surface area contributed by atoms with Crippen LogP contribution < -0.4 is 10.2 Å². The second-order valence-corrected chi connectivity index (χ2v) is 4.35. The lowest BCUT2D eigenvalue weighted by Crippen LogP contribution is -2.32. The predicted molar refractivity (Wildman–Crippen MR) is 64.6 cm³/mol. The Balaban J connectivity index is 2.64. The molecule has 1 aromatic heterocycles. The zero-order valence-corrected chi connectivity index (χ0v) is 10.8. The van der Waals surface area contributed by atoms with Gasteiger partial charge in [-0.3, -0.25) is 0 Å². The van der Waals surface area contributed by atoms with Crippen molar-refractivity contribution in [2.24, 2.45) is 5.92 Å². The number of aromatic nitrogens is 2. The smallest absolute Gasteiger partial charge is 0.265 e. The number of nitrogens with one attached hydrogen (secondary N) is 1. The van der Waals surface area contributed by atoms with Crippen LogP contribution in [0.1, 0.15) is 26.7 Å². The van der Waals surface area contributed by atoms with E-state index in [1.54, 1.807) is 0 Å². The summed E-state index contributed by atoms with van der Waals surface area (Å²) in [4.78, 5) is 6.31. The summed E-state index contributed by atoms with van der Waals surface area (Å²) in [5.74, 6) is 1.91. The molecular formula is C11H22N4O. The summed E-state index contributed by atoms with van der Waals surface area (Å²) in [5.41, 5.74) is 0. The van der Waals surface area contributed by atoms with Crippen molar-refractivity contribution in [3.05, 3.63) is 5.89 Å². The van der Waals surface area contributed by atoms with Crippen LogP contribution >= 0.6 is 0 Å². The number of hydrogen-bond donors (Lipinski definition) is 1. The van der Waals surface area contributed by atoms with Gasteiger partial charge in [-0.15, -0.1) is 0 Å². The Bertz CT molecular complexity index is 311. The molecule has 0 saturated heterocycles. The molecule has 5 heteroatoms. The van der Waals surface area contributed by atoms with Crippen molar-refractivity contribution in [1.82, 2.24) is 15.5 Å². The maximum Gasteiger partial charge on any atom is 0.265 e. The quantitative estimate of drug-likeness (QED) is 0.792. The van der Waals surface area contributed by atoms with Crippen LogP contribution in [0.25, 0.3) is 0 Å². The second kappa shape index (κ2) is 5.84. The van der Waals surface area contributed by atoms with E-state index in [0.717, 1.165) is 13.0 Å². The molecule has 1 N–H and O–H groups in total. The molecule has 0 aliphatic rings. The first-order valence-corrected chi connectivity index (χ1v) is 5.79. The zero-order chi connectivity index (χ0) is 12.1. The highest BCUT2D eigenvalue weighted by molar-refractivity contribution is 5.25. The fourth-order valence-electron chi connectivity index (χ4n) is 1.48. The normalized spacial score (nSPS) is 13.1. The molecule has 1 heterocycles. The van der Waals surface area contributed by atoms with Gasteiger partial charge in [0, 0.05) is 26.1 Å². The maximum absolute atomic E-state index is 5.23. The third-order valence-electron chi connectivity index (χ3n) is 2.84. The Kier molecular flexibility index (Phi) is 4.73. The van der Waals surface area contributed by atoms with E-state index in [0.29, 0.717) is 23.8 Å². The second-order valence-electron chi connectivity index (χ2n) is 4.35. The van der Waals surface area contributed by atoms with E-state index in [1.807, 2.05) is 19.0 Å². The van der Waals surface area contributed by atoms with Gasteiger partial charge >= 0.3 is 0 Å². The summed E-state index contributed by atoms with van der Waals surface area (Å²) in [6.45, 7) is 7.28. The SMILES string of the molecule is CCN(C)c1noc(CC(NC)C(C)C)n1. The Labute approximate surface area is 97.2 Å². The molecule has 5 nitrogen and oxygen atoms in total. The minimum atomic E-state index is 0.375. The maximum atomic E-state index is 5.23. The molecule has 0 aromatic carbocycles. The van der Waals surface area contributed by atoms with E-state index in [1.165, 1.54) is 0 Å². The Morgan fingerprint density at radius 3 is 2.62 bits per heavy atom. The van der Waals surface area contributed by atoms with Crippen LogP contribution in [0, 0.1) is 5.92 Å². The van der Waals surface area contributed by atoms with Crippen LogP contribution in [0.15, 0.2) is 4.52 Å². The first-order valence-electron chi connectivity index (χ1n) is 5.79. The highest BCUT2D eigenvalue weighted by atomic mass is 16.5. The fourth-order valence-corrected chi connectivity index (χ4v) is 1.48. The molecule has 0 aliphatic carbocycles. The first kappa shape index (κ1) is 13.0. The van der Waals surface area contributed by atoms with Crippen LogP contribution in [-0.2, 0) is 6.42 Å². The van der Waals surface area contributed by atoms with Gasteiger partial charge < -0.3 is 14.7 Å². The molecule has 0 amide bonds. The van der Waals surface area contributed by atoms with Gasteiger partial charge in [-0.1, -0.05) is 13.8 Å². The van der Waals surface area contributed by atoms with E-state index in [4.69, 9.17) is 4.52 Å². The van der Waals surface area contributed by atoms with Crippen LogP contribution in [0.4, 0.5) is 5.95 Å². The topological polar surface area (TPSA) is 54.2 Å². The van der Waals surface area contributed by atoms with Crippen molar-refractivity contribution >= 4 is 5.95 Å². The number of nitrogens with zero attached hydrogens (tertiary/aromatic N) is 3. The standard InChI is InChI=1S/C11H22N4O/c1-6-15(5)11-13-10(16-14-11)7-9(12-4)8(2)3/h8-9,12H,6-7H2,1-5H3. The van der Waals surface area contributed by atoms with E-state index in [-0.39, 0.29) is 0 Å². The van der Waals surface area contributed by atoms with Crippen molar-refractivity contribution in [1.29, 1.82) is 0 Å². The van der Waals surface area contributed by atoms with Crippen molar-refractivity contribution in [2.75, 3.05) is 25.5 Å². The van der Waals surface area contributed by atoms with Crippen LogP contribution in [0.5, 0.6) is 0 Å². The predicted octanol–water partition coefficient (Wildman–Crippen LogP) is 1.31. The van der Waals surface area contributed by atoms with Crippen LogP contribution in [-0.4, -0.2) is 36.8 Å². The van der Waals surface area contributed by atoms with Crippen molar-refractivity contribution in [3.63, 3.8) is 0 Å². The fraction of sp³-hybridized carbons (Fsp3) is 0.818. The van der Waals surface area contributed by atoms with Gasteiger partial charge in [0.2, 0.25) is 5.89 Å². The first-order chi connectivity index (χ1) is 7.58. The molecule has 0 radical (unpaired) electrons. The zero-order valence-electron chi connectivity index (χ0n) is 10.8. The molecule has 1 rings (SSSR count). The highest BCUT2D eigenvalue weighted by Crippen LogP contribution is 2.11. The van der Waals surface area contributed by atoms with Crippen molar-refractivity contribution < 1.29 is 4.52 Å². The van der Waals surface area contributed by atoms with Gasteiger partial charge in [-0.25, -0.2) is 0 Å². The van der Waals surface area contributed by atoms with Crippen LogP contribution in [0.2, 0.25) is 0 Å². The third kappa shape index (κ3) is 3.20. The molecule has 92 valence electrons. The third-order valence-corrected chi connectivity index (χ3v) is 2.84. The van der Waals surface area contributed by atoms with Gasteiger partial charge in [0.15, 0.2) is 0 Å². The monoisotopic (exact) mass is 226 g/mol. The minimum Gasteiger partial charge on any atom is -0.342 e. The number of rotatable bonds is 6. The summed E-state index contributed by atoms with van der Waals surface area (Å²) in [7, 11) is 3.91. The summed E-state index contributed by atoms with van der Waals surface area (Å²) in [6.07, 6.45) is 0.777. The van der Waals surface area contributed by atoms with Gasteiger partial charge in [0.25, 0.3) is 5.95 Å². The van der Waals surface area contributed by atoms with Crippen molar-refractivity contribution in [3.8, 4) is 0 Å². The number of anilines is 1. The lowest BCUT2D eigenvalue weighted by Gasteiger charge is -2.17. The molecule has 0 aliphatic heterocycles. The summed E-state index contributed by atoms with van der Waals surface area (Å²) in [5, 5.41) is 7.21. The molecule has 16 heavy (non-hydrogen) atoms. The Morgan fingerprint density at radius 1 is 1.44 bits per heavy atom. The number of hydrogen-bond acceptors (Lipinski definition) is 5. The summed E-state index contributed by atoms with van der Waals surface area (Å²) >= 11 is 0. The molecule has 0 spiro atoms. The molecule has 1 atom stereocenters. The van der Waals surface area contributed by atoms with Gasteiger partial charge in [-0.2, -0.15) is 4.98 Å². The largest absolute Gasteiger partial charge is 0.342 e. The average Bonchev–Trinajstić information content (AvgIpc) is 2.72. The van der Waals surface area contributed by atoms with E-state index >= 15 is 0 Å². The van der Waals surface area contributed by atoms with Gasteiger partial charge in [0.1, 0.15) is 0 Å². The highest BCUT2D eigenvalue weighted by Gasteiger charge is 2.16. The lowest BCUT2D eigenvalue weighted by molar-refractivity contribution is 0.335. The number of likely N-dealkylation sites (N-methyl/N-ethyl adjacent to an activating group) is 1. The minimum absolute atomic E-state index is 0.375. The average molecular weight is 226 g/mol. The van der Waals surface area contributed by atoms with E-state index in [9.17, 15) is 0 Å². The van der Waals surface area contributed by atoms with E-state index in [2.05, 4.69) is 36.2 Å². The molecular weight excluding hydrogens is 204 g/mol. The van der Waals surface area contributed by atoms with Gasteiger partial charge in [-0.05, 0) is 25.0 Å². The summed E-state index contributed by atoms with van der Waals surface area (Å²) < 4.78 is 5.23. The lowest BCUT2D eigenvalue weighted by atomic mass is 10.0. The van der Waals surface area contributed by atoms with Crippen LogP contribution in [0.3, 0.4) is 0 Å². The molecule has 0 saturated carbocycles. The van der Waals surface area contributed by atoms with Gasteiger partial charge in [0.05, 0.1) is 0 Å². The Morgan fingerprint density at radius 2 is 2.12 bits per heavy atom. The molecule has 1 unspecified atom stereocenters. The summed E-state index contributed by atoms with van der Waals surface area (Å²) in [6, 6.07) is 0.375. The Hall–Kier alpha value is -1.10. The molecule has 0 bridgehead atoms. The van der Waals surface area contributed by atoms with E-state index < -0.39 is 0 Å². The van der Waals surface area contributed by atoms with Crippen molar-refractivity contribution in [2.45, 2.75) is 33.2 Å². The molecule has 1 aromatic rings.